The Morgan fingerprint density at radius 2 is 2.29 bits per heavy atom. The molecule has 0 spiro atoms. The van der Waals surface area contributed by atoms with Crippen LogP contribution >= 0.6 is 22.9 Å². The lowest BCUT2D eigenvalue weighted by atomic mass is 10.3. The molecule has 0 fully saturated rings. The minimum atomic E-state index is 0.225. The minimum Gasteiger partial charge on any atom is -0.396 e. The number of aliphatic hydroxyl groups is 1. The number of aryl methyl sites for hydroxylation is 1. The molecule has 0 aliphatic carbocycles. The standard InChI is InChI=1S/C6H9NOS.C4H9Cl/c1-5-6(2-3-8)9-4-7-5;1-2-3-4-5/h4,8H,2-3H2,1H3;2-4H2,1H3. The van der Waals surface area contributed by atoms with Crippen LogP contribution in [0.25, 0.3) is 0 Å². The number of halogens is 1. The Balaban J connectivity index is 0.000000292. The summed E-state index contributed by atoms with van der Waals surface area (Å²) in [5.74, 6) is 0.816. The Labute approximate surface area is 94.9 Å². The van der Waals surface area contributed by atoms with Crippen LogP contribution in [0.2, 0.25) is 0 Å². The second-order valence-electron chi connectivity index (χ2n) is 2.88. The van der Waals surface area contributed by atoms with Gasteiger partial charge in [0.2, 0.25) is 0 Å². The van der Waals surface area contributed by atoms with Crippen LogP contribution < -0.4 is 0 Å². The molecule has 0 radical (unpaired) electrons. The summed E-state index contributed by atoms with van der Waals surface area (Å²) in [6.07, 6.45) is 3.11. The maximum absolute atomic E-state index is 8.54. The van der Waals surface area contributed by atoms with E-state index in [0.717, 1.165) is 24.4 Å². The summed E-state index contributed by atoms with van der Waals surface area (Å²) in [5, 5.41) is 8.54. The third-order valence-corrected chi connectivity index (χ3v) is 2.93. The first-order valence-electron chi connectivity index (χ1n) is 4.82. The van der Waals surface area contributed by atoms with Crippen LogP contribution in [-0.2, 0) is 6.42 Å². The Kier molecular flexibility index (Phi) is 9.35. The van der Waals surface area contributed by atoms with Crippen LogP contribution in [0.3, 0.4) is 0 Å². The number of aliphatic hydroxyl groups excluding tert-OH is 1. The van der Waals surface area contributed by atoms with Gasteiger partial charge in [0.25, 0.3) is 0 Å². The van der Waals surface area contributed by atoms with Crippen molar-refractivity contribution in [3.63, 3.8) is 0 Å². The Morgan fingerprint density at radius 3 is 2.57 bits per heavy atom. The van der Waals surface area contributed by atoms with E-state index in [1.165, 1.54) is 11.3 Å². The van der Waals surface area contributed by atoms with Crippen LogP contribution in [-0.4, -0.2) is 22.6 Å². The van der Waals surface area contributed by atoms with Crippen molar-refractivity contribution in [3.8, 4) is 0 Å². The van der Waals surface area contributed by atoms with Crippen LogP contribution in [0.15, 0.2) is 5.51 Å². The van der Waals surface area contributed by atoms with Crippen LogP contribution in [0.1, 0.15) is 30.3 Å². The first kappa shape index (κ1) is 13.9. The molecule has 0 amide bonds. The van der Waals surface area contributed by atoms with Gasteiger partial charge in [-0.25, -0.2) is 4.98 Å². The summed E-state index contributed by atoms with van der Waals surface area (Å²) >= 11 is 6.90. The van der Waals surface area contributed by atoms with Crippen molar-refractivity contribution < 1.29 is 5.11 Å². The summed E-state index contributed by atoms with van der Waals surface area (Å²) < 4.78 is 0. The zero-order valence-electron chi connectivity index (χ0n) is 8.79. The molecule has 1 aromatic rings. The average molecular weight is 236 g/mol. The van der Waals surface area contributed by atoms with E-state index in [1.807, 2.05) is 6.92 Å². The monoisotopic (exact) mass is 235 g/mol. The van der Waals surface area contributed by atoms with Gasteiger partial charge in [0.15, 0.2) is 0 Å². The Morgan fingerprint density at radius 1 is 1.57 bits per heavy atom. The van der Waals surface area contributed by atoms with Crippen molar-refractivity contribution in [1.29, 1.82) is 0 Å². The van der Waals surface area contributed by atoms with Gasteiger partial charge in [-0.3, -0.25) is 0 Å². The number of nitrogens with zero attached hydrogens (tertiary/aromatic N) is 1. The van der Waals surface area contributed by atoms with E-state index in [1.54, 1.807) is 16.8 Å². The molecule has 14 heavy (non-hydrogen) atoms. The lowest BCUT2D eigenvalue weighted by Crippen LogP contribution is -1.88. The number of unbranched alkanes of at least 4 members (excludes halogenated alkanes) is 1. The predicted molar refractivity (Wildman–Crippen MR) is 63.3 cm³/mol. The molecule has 4 heteroatoms. The van der Waals surface area contributed by atoms with Gasteiger partial charge >= 0.3 is 0 Å². The third kappa shape index (κ3) is 6.35. The van der Waals surface area contributed by atoms with Crippen LogP contribution in [0, 0.1) is 6.92 Å². The number of hydrogen-bond acceptors (Lipinski definition) is 3. The van der Waals surface area contributed by atoms with Crippen molar-refractivity contribution in [1.82, 2.24) is 4.98 Å². The van der Waals surface area contributed by atoms with Crippen molar-refractivity contribution >= 4 is 22.9 Å². The van der Waals surface area contributed by atoms with Crippen LogP contribution in [0.4, 0.5) is 0 Å². The molecule has 0 aliphatic heterocycles. The van der Waals surface area contributed by atoms with Gasteiger partial charge in [-0.2, -0.15) is 0 Å². The lowest BCUT2D eigenvalue weighted by molar-refractivity contribution is 0.300. The molecule has 0 aromatic carbocycles. The molecule has 0 aliphatic rings. The van der Waals surface area contributed by atoms with Crippen molar-refractivity contribution in [2.75, 3.05) is 12.5 Å². The number of aromatic nitrogens is 1. The second kappa shape index (κ2) is 9.44. The first-order valence-corrected chi connectivity index (χ1v) is 6.23. The highest BCUT2D eigenvalue weighted by Crippen LogP contribution is 2.11. The van der Waals surface area contributed by atoms with E-state index in [2.05, 4.69) is 11.9 Å². The fourth-order valence-electron chi connectivity index (χ4n) is 0.801. The largest absolute Gasteiger partial charge is 0.396 e. The van der Waals surface area contributed by atoms with Crippen LogP contribution in [0.5, 0.6) is 0 Å². The summed E-state index contributed by atoms with van der Waals surface area (Å²) in [4.78, 5) is 5.23. The van der Waals surface area contributed by atoms with E-state index in [4.69, 9.17) is 16.7 Å². The van der Waals surface area contributed by atoms with Gasteiger partial charge in [-0.1, -0.05) is 13.3 Å². The fourth-order valence-corrected chi connectivity index (χ4v) is 1.84. The molecule has 0 unspecified atom stereocenters. The molecule has 1 aromatic heterocycles. The highest BCUT2D eigenvalue weighted by atomic mass is 35.5. The summed E-state index contributed by atoms with van der Waals surface area (Å²) in [7, 11) is 0. The lowest BCUT2D eigenvalue weighted by Gasteiger charge is -1.90. The average Bonchev–Trinajstić information content (AvgIpc) is 2.55. The predicted octanol–water partition coefficient (Wildman–Crippen LogP) is 3.01. The van der Waals surface area contributed by atoms with Gasteiger partial charge in [0.1, 0.15) is 0 Å². The molecule has 1 N–H and O–H groups in total. The van der Waals surface area contributed by atoms with E-state index in [9.17, 15) is 0 Å². The SMILES string of the molecule is CCCCCl.Cc1ncsc1CCO. The molecule has 1 heterocycles. The fraction of sp³-hybridized carbons (Fsp3) is 0.700. The van der Waals surface area contributed by atoms with Gasteiger partial charge in [0, 0.05) is 23.8 Å². The molecular weight excluding hydrogens is 218 g/mol. The third-order valence-electron chi connectivity index (χ3n) is 1.67. The highest BCUT2D eigenvalue weighted by Gasteiger charge is 1.97. The van der Waals surface area contributed by atoms with Crippen molar-refractivity contribution in [2.24, 2.45) is 0 Å². The zero-order chi connectivity index (χ0) is 10.8. The highest BCUT2D eigenvalue weighted by molar-refractivity contribution is 7.09. The normalized spacial score (nSPS) is 9.43. The van der Waals surface area contributed by atoms with E-state index in [0.29, 0.717) is 0 Å². The molecule has 82 valence electrons. The van der Waals surface area contributed by atoms with Crippen molar-refractivity contribution in [3.05, 3.63) is 16.1 Å². The quantitative estimate of drug-likeness (QED) is 0.814. The van der Waals surface area contributed by atoms with E-state index < -0.39 is 0 Å². The molecular formula is C10H18ClNOS. The first-order chi connectivity index (χ1) is 6.76. The molecule has 0 saturated heterocycles. The van der Waals surface area contributed by atoms with Gasteiger partial charge in [-0.05, 0) is 13.3 Å². The molecule has 0 atom stereocenters. The number of alkyl halides is 1. The summed E-state index contributed by atoms with van der Waals surface area (Å²) in [5.41, 5.74) is 2.86. The number of rotatable bonds is 4. The summed E-state index contributed by atoms with van der Waals surface area (Å²) in [6.45, 7) is 4.31. The molecule has 1 rings (SSSR count). The Hall–Kier alpha value is -0.120. The number of thiazole rings is 1. The van der Waals surface area contributed by atoms with Gasteiger partial charge in [-0.15, -0.1) is 22.9 Å². The molecule has 2 nitrogen and oxygen atoms in total. The van der Waals surface area contributed by atoms with E-state index in [-0.39, 0.29) is 6.61 Å². The topological polar surface area (TPSA) is 33.1 Å². The Bertz CT molecular complexity index is 226. The van der Waals surface area contributed by atoms with Crippen molar-refractivity contribution in [2.45, 2.75) is 33.1 Å². The van der Waals surface area contributed by atoms with E-state index >= 15 is 0 Å². The minimum absolute atomic E-state index is 0.225. The number of hydrogen-bond donors (Lipinski definition) is 1. The molecule has 0 saturated carbocycles. The molecule has 0 bridgehead atoms. The summed E-state index contributed by atoms with van der Waals surface area (Å²) in [6, 6.07) is 0. The van der Waals surface area contributed by atoms with Gasteiger partial charge in [0.05, 0.1) is 11.2 Å². The van der Waals surface area contributed by atoms with Gasteiger partial charge < -0.3 is 5.11 Å². The zero-order valence-corrected chi connectivity index (χ0v) is 10.4. The second-order valence-corrected chi connectivity index (χ2v) is 4.19. The maximum atomic E-state index is 8.54. The maximum Gasteiger partial charge on any atom is 0.0797 e. The smallest absolute Gasteiger partial charge is 0.0797 e.